The van der Waals surface area contributed by atoms with Crippen LogP contribution >= 0.6 is 11.3 Å². The predicted molar refractivity (Wildman–Crippen MR) is 69.0 cm³/mol. The predicted octanol–water partition coefficient (Wildman–Crippen LogP) is 2.04. The molecule has 0 aliphatic carbocycles. The SMILES string of the molecule is CC(NCC(C)S(C)=O)c1ccc(C#N)s1. The second-order valence-corrected chi connectivity index (χ2v) is 6.67. The maximum absolute atomic E-state index is 11.2. The summed E-state index contributed by atoms with van der Waals surface area (Å²) in [5, 5.41) is 12.2. The van der Waals surface area contributed by atoms with E-state index < -0.39 is 10.8 Å². The van der Waals surface area contributed by atoms with Gasteiger partial charge in [0, 0.05) is 39.8 Å². The molecule has 0 amide bonds. The molecule has 16 heavy (non-hydrogen) atoms. The molecule has 5 heteroatoms. The Morgan fingerprint density at radius 2 is 2.25 bits per heavy atom. The molecule has 0 saturated heterocycles. The van der Waals surface area contributed by atoms with Gasteiger partial charge in [-0.1, -0.05) is 0 Å². The molecule has 0 spiro atoms. The van der Waals surface area contributed by atoms with Crippen LogP contribution in [-0.4, -0.2) is 22.3 Å². The fraction of sp³-hybridized carbons (Fsp3) is 0.545. The summed E-state index contributed by atoms with van der Waals surface area (Å²) in [5.74, 6) is 0. The summed E-state index contributed by atoms with van der Waals surface area (Å²) < 4.78 is 11.2. The fourth-order valence-electron chi connectivity index (χ4n) is 1.21. The van der Waals surface area contributed by atoms with Crippen LogP contribution in [0.3, 0.4) is 0 Å². The van der Waals surface area contributed by atoms with Gasteiger partial charge in [0.1, 0.15) is 10.9 Å². The normalized spacial score (nSPS) is 16.4. The summed E-state index contributed by atoms with van der Waals surface area (Å²) >= 11 is 1.50. The van der Waals surface area contributed by atoms with Crippen molar-refractivity contribution in [1.29, 1.82) is 5.26 Å². The molecule has 1 heterocycles. The molecule has 0 saturated carbocycles. The molecule has 1 aromatic rings. The van der Waals surface area contributed by atoms with Crippen molar-refractivity contribution in [1.82, 2.24) is 5.32 Å². The Balaban J connectivity index is 2.50. The molecular formula is C11H16N2OS2. The summed E-state index contributed by atoms with van der Waals surface area (Å²) in [5.41, 5.74) is 0. The van der Waals surface area contributed by atoms with Gasteiger partial charge >= 0.3 is 0 Å². The van der Waals surface area contributed by atoms with Gasteiger partial charge in [-0.15, -0.1) is 11.3 Å². The highest BCUT2D eigenvalue weighted by molar-refractivity contribution is 7.84. The first kappa shape index (κ1) is 13.4. The van der Waals surface area contributed by atoms with Gasteiger partial charge in [-0.25, -0.2) is 0 Å². The van der Waals surface area contributed by atoms with E-state index in [0.29, 0.717) is 0 Å². The number of nitrogens with one attached hydrogen (secondary N) is 1. The lowest BCUT2D eigenvalue weighted by Gasteiger charge is -2.15. The van der Waals surface area contributed by atoms with Crippen molar-refractivity contribution >= 4 is 22.1 Å². The number of thiophene rings is 1. The average Bonchev–Trinajstić information content (AvgIpc) is 2.73. The molecular weight excluding hydrogens is 240 g/mol. The highest BCUT2D eigenvalue weighted by Gasteiger charge is 2.11. The van der Waals surface area contributed by atoms with E-state index in [1.807, 2.05) is 19.1 Å². The fourth-order valence-corrected chi connectivity index (χ4v) is 2.37. The van der Waals surface area contributed by atoms with Gasteiger partial charge in [-0.3, -0.25) is 4.21 Å². The highest BCUT2D eigenvalue weighted by atomic mass is 32.2. The standard InChI is InChI=1S/C11H16N2OS2/c1-8(16(3)14)7-13-9(2)11-5-4-10(6-12)15-11/h4-5,8-9,13H,7H2,1-3H3. The largest absolute Gasteiger partial charge is 0.308 e. The summed E-state index contributed by atoms with van der Waals surface area (Å²) in [7, 11) is -0.791. The lowest BCUT2D eigenvalue weighted by molar-refractivity contribution is 0.576. The molecule has 1 aromatic heterocycles. The minimum absolute atomic E-state index is 0.151. The van der Waals surface area contributed by atoms with Gasteiger partial charge in [0.2, 0.25) is 0 Å². The molecule has 0 aliphatic rings. The van der Waals surface area contributed by atoms with Crippen molar-refractivity contribution in [2.45, 2.75) is 25.1 Å². The Labute approximate surface area is 103 Å². The van der Waals surface area contributed by atoms with E-state index in [9.17, 15) is 4.21 Å². The second kappa shape index (κ2) is 6.14. The molecule has 3 unspecified atom stereocenters. The van der Waals surface area contributed by atoms with E-state index in [4.69, 9.17) is 5.26 Å². The molecule has 1 N–H and O–H groups in total. The number of nitriles is 1. The van der Waals surface area contributed by atoms with Crippen LogP contribution in [0.4, 0.5) is 0 Å². The van der Waals surface area contributed by atoms with Crippen LogP contribution in [0.2, 0.25) is 0 Å². The number of hydrogen-bond acceptors (Lipinski definition) is 4. The highest BCUT2D eigenvalue weighted by Crippen LogP contribution is 2.22. The molecule has 0 aromatic carbocycles. The van der Waals surface area contributed by atoms with Crippen molar-refractivity contribution in [3.63, 3.8) is 0 Å². The van der Waals surface area contributed by atoms with E-state index in [2.05, 4.69) is 18.3 Å². The molecule has 88 valence electrons. The quantitative estimate of drug-likeness (QED) is 0.877. The van der Waals surface area contributed by atoms with Gasteiger partial charge in [0.05, 0.1) is 0 Å². The Morgan fingerprint density at radius 1 is 1.56 bits per heavy atom. The van der Waals surface area contributed by atoms with Crippen LogP contribution in [0.1, 0.15) is 29.6 Å². The van der Waals surface area contributed by atoms with Crippen molar-refractivity contribution in [3.05, 3.63) is 21.9 Å². The third-order valence-electron chi connectivity index (χ3n) is 2.44. The van der Waals surface area contributed by atoms with Crippen LogP contribution < -0.4 is 5.32 Å². The zero-order chi connectivity index (χ0) is 12.1. The van der Waals surface area contributed by atoms with Crippen molar-refractivity contribution < 1.29 is 4.21 Å². The molecule has 1 rings (SSSR count). The van der Waals surface area contributed by atoms with Crippen LogP contribution in [0.5, 0.6) is 0 Å². The first-order chi connectivity index (χ1) is 7.54. The summed E-state index contributed by atoms with van der Waals surface area (Å²) in [6, 6.07) is 6.13. The molecule has 3 nitrogen and oxygen atoms in total. The third kappa shape index (κ3) is 3.71. The first-order valence-electron chi connectivity index (χ1n) is 5.10. The Hall–Kier alpha value is -0.700. The van der Waals surface area contributed by atoms with E-state index >= 15 is 0 Å². The van der Waals surface area contributed by atoms with Crippen molar-refractivity contribution in [3.8, 4) is 6.07 Å². The topological polar surface area (TPSA) is 52.9 Å². The smallest absolute Gasteiger partial charge is 0.110 e. The third-order valence-corrected chi connectivity index (χ3v) is 4.91. The zero-order valence-corrected chi connectivity index (χ0v) is 11.3. The molecule has 0 fully saturated rings. The second-order valence-electron chi connectivity index (χ2n) is 3.75. The zero-order valence-electron chi connectivity index (χ0n) is 9.69. The summed E-state index contributed by atoms with van der Waals surface area (Å²) in [4.78, 5) is 1.88. The monoisotopic (exact) mass is 256 g/mol. The lowest BCUT2D eigenvalue weighted by atomic mass is 10.2. The molecule has 0 aliphatic heterocycles. The van der Waals surface area contributed by atoms with Gasteiger partial charge in [-0.2, -0.15) is 5.26 Å². The van der Waals surface area contributed by atoms with Crippen LogP contribution in [0, 0.1) is 11.3 Å². The average molecular weight is 256 g/mol. The van der Waals surface area contributed by atoms with Gasteiger partial charge in [0.25, 0.3) is 0 Å². The molecule has 0 radical (unpaired) electrons. The maximum Gasteiger partial charge on any atom is 0.110 e. The van der Waals surface area contributed by atoms with Crippen LogP contribution in [0.15, 0.2) is 12.1 Å². The van der Waals surface area contributed by atoms with Crippen molar-refractivity contribution in [2.75, 3.05) is 12.8 Å². The maximum atomic E-state index is 11.2. The van der Waals surface area contributed by atoms with Crippen molar-refractivity contribution in [2.24, 2.45) is 0 Å². The number of hydrogen-bond donors (Lipinski definition) is 1. The van der Waals surface area contributed by atoms with E-state index in [0.717, 1.165) is 16.3 Å². The molecule has 0 bridgehead atoms. The Bertz CT molecular complexity index is 408. The van der Waals surface area contributed by atoms with Gasteiger partial charge < -0.3 is 5.32 Å². The van der Waals surface area contributed by atoms with E-state index in [1.54, 1.807) is 6.26 Å². The summed E-state index contributed by atoms with van der Waals surface area (Å²) in [6.45, 7) is 4.74. The molecule has 3 atom stereocenters. The number of rotatable bonds is 5. The minimum atomic E-state index is -0.791. The Kier molecular flexibility index (Phi) is 5.13. The van der Waals surface area contributed by atoms with Crippen LogP contribution in [0.25, 0.3) is 0 Å². The minimum Gasteiger partial charge on any atom is -0.308 e. The van der Waals surface area contributed by atoms with Gasteiger partial charge in [-0.05, 0) is 26.0 Å². The number of nitrogens with zero attached hydrogens (tertiary/aromatic N) is 1. The lowest BCUT2D eigenvalue weighted by Crippen LogP contribution is -2.29. The Morgan fingerprint density at radius 3 is 2.75 bits per heavy atom. The van der Waals surface area contributed by atoms with Gasteiger partial charge in [0.15, 0.2) is 0 Å². The van der Waals surface area contributed by atoms with Crippen LogP contribution in [-0.2, 0) is 10.8 Å². The first-order valence-corrected chi connectivity index (χ1v) is 7.53. The van der Waals surface area contributed by atoms with E-state index in [1.165, 1.54) is 11.3 Å². The summed E-state index contributed by atoms with van der Waals surface area (Å²) in [6.07, 6.45) is 1.72. The van der Waals surface area contributed by atoms with E-state index in [-0.39, 0.29) is 11.3 Å².